The average Bonchev–Trinajstić information content (AvgIpc) is 3.23. The van der Waals surface area contributed by atoms with E-state index in [1.807, 2.05) is 37.3 Å². The number of nitrogens with one attached hydrogen (secondary N) is 2. The Bertz CT molecular complexity index is 883. The van der Waals surface area contributed by atoms with Crippen LogP contribution in [0.3, 0.4) is 0 Å². The highest BCUT2D eigenvalue weighted by atomic mass is 16.5. The van der Waals surface area contributed by atoms with E-state index in [1.165, 1.54) is 0 Å². The van der Waals surface area contributed by atoms with Crippen LogP contribution < -0.4 is 15.5 Å². The van der Waals surface area contributed by atoms with E-state index in [4.69, 9.17) is 4.74 Å². The molecule has 7 heteroatoms. The zero-order chi connectivity index (χ0) is 22.1. The van der Waals surface area contributed by atoms with Gasteiger partial charge in [-0.1, -0.05) is 30.3 Å². The molecule has 3 amide bonds. The van der Waals surface area contributed by atoms with Crippen molar-refractivity contribution in [2.75, 3.05) is 31.1 Å². The first kappa shape index (κ1) is 22.5. The van der Waals surface area contributed by atoms with Gasteiger partial charge < -0.3 is 20.3 Å². The molecule has 1 fully saturated rings. The van der Waals surface area contributed by atoms with Gasteiger partial charge in [0.15, 0.2) is 0 Å². The third-order valence-electron chi connectivity index (χ3n) is 5.20. The number of rotatable bonds is 10. The van der Waals surface area contributed by atoms with Crippen molar-refractivity contribution in [2.45, 2.75) is 32.3 Å². The summed E-state index contributed by atoms with van der Waals surface area (Å²) in [5.41, 5.74) is 2.36. The summed E-state index contributed by atoms with van der Waals surface area (Å²) in [6, 6.07) is 16.8. The summed E-state index contributed by atoms with van der Waals surface area (Å²) in [6.45, 7) is 3.63. The van der Waals surface area contributed by atoms with Gasteiger partial charge in [0.2, 0.25) is 11.8 Å². The van der Waals surface area contributed by atoms with Gasteiger partial charge in [0.1, 0.15) is 0 Å². The largest absolute Gasteiger partial charge is 0.374 e. The lowest BCUT2D eigenvalue weighted by molar-refractivity contribution is -0.120. The molecule has 1 saturated heterocycles. The van der Waals surface area contributed by atoms with Crippen LogP contribution in [0.1, 0.15) is 48.2 Å². The first-order chi connectivity index (χ1) is 15.0. The highest BCUT2D eigenvalue weighted by Crippen LogP contribution is 2.21. The van der Waals surface area contributed by atoms with Crippen molar-refractivity contribution in [1.82, 2.24) is 10.6 Å². The smallest absolute Gasteiger partial charge is 0.251 e. The molecule has 1 unspecified atom stereocenters. The summed E-state index contributed by atoms with van der Waals surface area (Å²) in [5, 5.41) is 5.39. The van der Waals surface area contributed by atoms with E-state index in [2.05, 4.69) is 10.6 Å². The second-order valence-electron chi connectivity index (χ2n) is 7.51. The topological polar surface area (TPSA) is 87.7 Å². The van der Waals surface area contributed by atoms with E-state index in [1.54, 1.807) is 29.2 Å². The monoisotopic (exact) mass is 423 g/mol. The van der Waals surface area contributed by atoms with Crippen LogP contribution in [-0.2, 0) is 14.3 Å². The third kappa shape index (κ3) is 6.65. The fourth-order valence-corrected chi connectivity index (χ4v) is 3.42. The quantitative estimate of drug-likeness (QED) is 0.575. The van der Waals surface area contributed by atoms with Gasteiger partial charge in [0.05, 0.1) is 12.6 Å². The number of ether oxygens (including phenoxy) is 1. The summed E-state index contributed by atoms with van der Waals surface area (Å²) in [7, 11) is 0. The highest BCUT2D eigenvalue weighted by molar-refractivity contribution is 5.98. The summed E-state index contributed by atoms with van der Waals surface area (Å²) in [6.07, 6.45) is 2.11. The molecular formula is C24H29N3O4. The Kier molecular flexibility index (Phi) is 8.18. The van der Waals surface area contributed by atoms with E-state index in [0.717, 1.165) is 17.7 Å². The molecule has 0 spiro atoms. The van der Waals surface area contributed by atoms with Crippen molar-refractivity contribution in [3.8, 4) is 0 Å². The zero-order valence-electron chi connectivity index (χ0n) is 17.8. The van der Waals surface area contributed by atoms with Gasteiger partial charge in [-0.3, -0.25) is 14.4 Å². The fourth-order valence-electron chi connectivity index (χ4n) is 3.42. The van der Waals surface area contributed by atoms with Crippen LogP contribution in [-0.4, -0.2) is 44.0 Å². The number of carbonyl (C=O) groups is 3. The normalized spacial score (nSPS) is 14.4. The molecule has 2 aromatic carbocycles. The molecule has 2 N–H and O–H groups in total. The Labute approximate surface area is 182 Å². The minimum Gasteiger partial charge on any atom is -0.374 e. The number of nitrogens with zero attached hydrogens (tertiary/aromatic N) is 1. The van der Waals surface area contributed by atoms with E-state index in [-0.39, 0.29) is 30.4 Å². The van der Waals surface area contributed by atoms with Crippen molar-refractivity contribution in [3.05, 3.63) is 65.7 Å². The molecule has 0 bridgehead atoms. The molecule has 0 saturated carbocycles. The van der Waals surface area contributed by atoms with Gasteiger partial charge in [0, 0.05) is 37.4 Å². The van der Waals surface area contributed by atoms with Crippen LogP contribution in [0, 0.1) is 0 Å². The Morgan fingerprint density at radius 2 is 1.81 bits per heavy atom. The summed E-state index contributed by atoms with van der Waals surface area (Å²) in [5.74, 6) is -0.466. The van der Waals surface area contributed by atoms with Gasteiger partial charge in [-0.05, 0) is 49.6 Å². The SMILES string of the molecule is CC(OCCCNC(=O)CNC(=O)c1ccc(N2CCCC2=O)cc1)c1ccccc1. The van der Waals surface area contributed by atoms with Gasteiger partial charge in [-0.15, -0.1) is 0 Å². The third-order valence-corrected chi connectivity index (χ3v) is 5.20. The molecule has 164 valence electrons. The highest BCUT2D eigenvalue weighted by Gasteiger charge is 2.21. The van der Waals surface area contributed by atoms with Crippen molar-refractivity contribution >= 4 is 23.4 Å². The lowest BCUT2D eigenvalue weighted by Crippen LogP contribution is -2.37. The fraction of sp³-hybridized carbons (Fsp3) is 0.375. The average molecular weight is 424 g/mol. The van der Waals surface area contributed by atoms with Crippen molar-refractivity contribution in [3.63, 3.8) is 0 Å². The molecule has 0 aromatic heterocycles. The number of benzene rings is 2. The maximum atomic E-state index is 12.2. The molecule has 7 nitrogen and oxygen atoms in total. The molecule has 1 aliphatic heterocycles. The maximum absolute atomic E-state index is 12.2. The standard InChI is InChI=1S/C24H29N3O4/c1-18(19-7-3-2-4-8-19)31-16-6-14-25-22(28)17-26-24(30)20-10-12-21(13-11-20)27-15-5-9-23(27)29/h2-4,7-8,10-13,18H,5-6,9,14-17H2,1H3,(H,25,28)(H,26,30). The summed E-state index contributed by atoms with van der Waals surface area (Å²) >= 11 is 0. The molecule has 0 aliphatic carbocycles. The van der Waals surface area contributed by atoms with Crippen LogP contribution in [0.15, 0.2) is 54.6 Å². The van der Waals surface area contributed by atoms with E-state index in [9.17, 15) is 14.4 Å². The molecule has 31 heavy (non-hydrogen) atoms. The second-order valence-corrected chi connectivity index (χ2v) is 7.51. The molecule has 0 radical (unpaired) electrons. The summed E-state index contributed by atoms with van der Waals surface area (Å²) in [4.78, 5) is 37.7. The lowest BCUT2D eigenvalue weighted by Gasteiger charge is -2.15. The number of carbonyl (C=O) groups excluding carboxylic acids is 3. The maximum Gasteiger partial charge on any atom is 0.251 e. The number of hydrogen-bond donors (Lipinski definition) is 2. The number of hydrogen-bond acceptors (Lipinski definition) is 4. The van der Waals surface area contributed by atoms with Gasteiger partial charge >= 0.3 is 0 Å². The number of anilines is 1. The van der Waals surface area contributed by atoms with Crippen LogP contribution in [0.4, 0.5) is 5.69 Å². The Morgan fingerprint density at radius 1 is 1.06 bits per heavy atom. The summed E-state index contributed by atoms with van der Waals surface area (Å²) < 4.78 is 5.77. The van der Waals surface area contributed by atoms with Gasteiger partial charge in [-0.25, -0.2) is 0 Å². The van der Waals surface area contributed by atoms with E-state index >= 15 is 0 Å². The molecule has 1 aliphatic rings. The Balaban J connectivity index is 1.31. The van der Waals surface area contributed by atoms with Crippen molar-refractivity contribution in [2.24, 2.45) is 0 Å². The molecule has 2 aromatic rings. The first-order valence-electron chi connectivity index (χ1n) is 10.7. The minimum absolute atomic E-state index is 0.00571. The Hall–Kier alpha value is -3.19. The second kappa shape index (κ2) is 11.3. The predicted octanol–water partition coefficient (Wildman–Crippen LogP) is 2.83. The molecular weight excluding hydrogens is 394 g/mol. The van der Waals surface area contributed by atoms with E-state index in [0.29, 0.717) is 38.1 Å². The van der Waals surface area contributed by atoms with E-state index < -0.39 is 0 Å². The first-order valence-corrected chi connectivity index (χ1v) is 10.7. The van der Waals surface area contributed by atoms with Gasteiger partial charge in [0.25, 0.3) is 5.91 Å². The van der Waals surface area contributed by atoms with Crippen LogP contribution in [0.2, 0.25) is 0 Å². The van der Waals surface area contributed by atoms with Crippen molar-refractivity contribution in [1.29, 1.82) is 0 Å². The van der Waals surface area contributed by atoms with Crippen LogP contribution >= 0.6 is 0 Å². The van der Waals surface area contributed by atoms with Gasteiger partial charge in [-0.2, -0.15) is 0 Å². The zero-order valence-corrected chi connectivity index (χ0v) is 17.8. The molecule has 3 rings (SSSR count). The van der Waals surface area contributed by atoms with Crippen LogP contribution in [0.25, 0.3) is 0 Å². The predicted molar refractivity (Wildman–Crippen MR) is 119 cm³/mol. The Morgan fingerprint density at radius 3 is 2.48 bits per heavy atom. The number of amides is 3. The van der Waals surface area contributed by atoms with Crippen LogP contribution in [0.5, 0.6) is 0 Å². The molecule has 1 atom stereocenters. The minimum atomic E-state index is -0.325. The van der Waals surface area contributed by atoms with Crippen molar-refractivity contribution < 1.29 is 19.1 Å². The lowest BCUT2D eigenvalue weighted by atomic mass is 10.1. The molecule has 1 heterocycles.